The van der Waals surface area contributed by atoms with Crippen LogP contribution in [0.15, 0.2) is 56.1 Å². The van der Waals surface area contributed by atoms with Gasteiger partial charge in [-0.15, -0.1) is 0 Å². The Hall–Kier alpha value is -2.41. The van der Waals surface area contributed by atoms with Crippen LogP contribution < -0.4 is 0 Å². The molecule has 0 fully saturated rings. The summed E-state index contributed by atoms with van der Waals surface area (Å²) in [6.07, 6.45) is 0.500. The Morgan fingerprint density at radius 1 is 1.22 bits per heavy atom. The number of rotatable bonds is 5. The second-order valence-electron chi connectivity index (χ2n) is 4.96. The molecule has 0 saturated heterocycles. The predicted molar refractivity (Wildman–Crippen MR) is 86.8 cm³/mol. The summed E-state index contributed by atoms with van der Waals surface area (Å²) in [4.78, 5) is 18.1. The first-order valence-corrected chi connectivity index (χ1v) is 7.81. The zero-order valence-corrected chi connectivity index (χ0v) is 14.0. The standard InChI is InChI=1S/C16H14BrN3O3/c1-20(16(21)12-7-8-13(17)22-12)10-9-14-18-15(23-19-14)11-5-3-2-4-6-11/h2-8H,9-10H2,1H3. The van der Waals surface area contributed by atoms with E-state index in [0.29, 0.717) is 29.4 Å². The lowest BCUT2D eigenvalue weighted by atomic mass is 10.2. The Balaban J connectivity index is 1.60. The largest absolute Gasteiger partial charge is 0.444 e. The van der Waals surface area contributed by atoms with Crippen LogP contribution in [0.5, 0.6) is 0 Å². The molecule has 0 aliphatic carbocycles. The quantitative estimate of drug-likeness (QED) is 0.683. The number of likely N-dealkylation sites (N-methyl/N-ethyl adjacent to an activating group) is 1. The molecule has 0 aliphatic heterocycles. The van der Waals surface area contributed by atoms with Gasteiger partial charge in [-0.2, -0.15) is 4.98 Å². The third-order valence-electron chi connectivity index (χ3n) is 3.29. The van der Waals surface area contributed by atoms with Gasteiger partial charge in [0, 0.05) is 25.6 Å². The van der Waals surface area contributed by atoms with Crippen LogP contribution >= 0.6 is 15.9 Å². The SMILES string of the molecule is CN(CCc1noc(-c2ccccc2)n1)C(=O)c1ccc(Br)o1. The van der Waals surface area contributed by atoms with E-state index in [4.69, 9.17) is 8.94 Å². The van der Waals surface area contributed by atoms with Gasteiger partial charge in [0.15, 0.2) is 16.3 Å². The third-order valence-corrected chi connectivity index (χ3v) is 3.72. The summed E-state index contributed by atoms with van der Waals surface area (Å²) in [6, 6.07) is 12.9. The number of halogens is 1. The van der Waals surface area contributed by atoms with E-state index in [9.17, 15) is 4.79 Å². The molecule has 118 valence electrons. The van der Waals surface area contributed by atoms with Gasteiger partial charge >= 0.3 is 0 Å². The van der Waals surface area contributed by atoms with E-state index < -0.39 is 0 Å². The molecule has 0 spiro atoms. The summed E-state index contributed by atoms with van der Waals surface area (Å²) in [6.45, 7) is 0.463. The lowest BCUT2D eigenvalue weighted by Gasteiger charge is -2.14. The molecule has 2 heterocycles. The monoisotopic (exact) mass is 375 g/mol. The summed E-state index contributed by atoms with van der Waals surface area (Å²) in [7, 11) is 1.71. The normalized spacial score (nSPS) is 10.7. The van der Waals surface area contributed by atoms with Crippen molar-refractivity contribution >= 4 is 21.8 Å². The molecular formula is C16H14BrN3O3. The van der Waals surface area contributed by atoms with Crippen LogP contribution in [0, 0.1) is 0 Å². The van der Waals surface area contributed by atoms with Gasteiger partial charge < -0.3 is 13.8 Å². The van der Waals surface area contributed by atoms with Gasteiger partial charge in [0.05, 0.1) is 0 Å². The fourth-order valence-electron chi connectivity index (χ4n) is 2.04. The minimum Gasteiger partial charge on any atom is -0.444 e. The highest BCUT2D eigenvalue weighted by Crippen LogP contribution is 2.17. The zero-order chi connectivity index (χ0) is 16.2. The van der Waals surface area contributed by atoms with Crippen LogP contribution in [-0.4, -0.2) is 34.5 Å². The van der Waals surface area contributed by atoms with Crippen molar-refractivity contribution in [3.8, 4) is 11.5 Å². The number of amides is 1. The van der Waals surface area contributed by atoms with Crippen LogP contribution in [0.25, 0.3) is 11.5 Å². The van der Waals surface area contributed by atoms with Crippen molar-refractivity contribution in [3.05, 3.63) is 58.7 Å². The number of nitrogens with zero attached hydrogens (tertiary/aromatic N) is 3. The van der Waals surface area contributed by atoms with Crippen molar-refractivity contribution in [3.63, 3.8) is 0 Å². The molecule has 0 atom stereocenters. The van der Waals surface area contributed by atoms with E-state index in [-0.39, 0.29) is 11.7 Å². The predicted octanol–water partition coefficient (Wildman–Crippen LogP) is 3.41. The van der Waals surface area contributed by atoms with Gasteiger partial charge in [0.2, 0.25) is 0 Å². The van der Waals surface area contributed by atoms with Crippen molar-refractivity contribution in [1.82, 2.24) is 15.0 Å². The van der Waals surface area contributed by atoms with Gasteiger partial charge in [0.25, 0.3) is 11.8 Å². The highest BCUT2D eigenvalue weighted by Gasteiger charge is 2.16. The average molecular weight is 376 g/mol. The molecular weight excluding hydrogens is 362 g/mol. The van der Waals surface area contributed by atoms with E-state index in [2.05, 4.69) is 26.1 Å². The van der Waals surface area contributed by atoms with Crippen LogP contribution in [0.3, 0.4) is 0 Å². The molecule has 7 heteroatoms. The maximum atomic E-state index is 12.2. The number of aromatic nitrogens is 2. The van der Waals surface area contributed by atoms with Gasteiger partial charge in [0.1, 0.15) is 0 Å². The number of furan rings is 1. The van der Waals surface area contributed by atoms with E-state index in [1.807, 2.05) is 30.3 Å². The molecule has 6 nitrogen and oxygen atoms in total. The Kier molecular flexibility index (Phi) is 4.57. The van der Waals surface area contributed by atoms with E-state index >= 15 is 0 Å². The van der Waals surface area contributed by atoms with Crippen LogP contribution in [0.1, 0.15) is 16.4 Å². The molecule has 23 heavy (non-hydrogen) atoms. The van der Waals surface area contributed by atoms with E-state index in [1.165, 1.54) is 0 Å². The number of carbonyl (C=O) groups excluding carboxylic acids is 1. The fourth-order valence-corrected chi connectivity index (χ4v) is 2.35. The maximum absolute atomic E-state index is 12.2. The molecule has 0 N–H and O–H groups in total. The Morgan fingerprint density at radius 2 is 2.00 bits per heavy atom. The molecule has 1 aromatic carbocycles. The lowest BCUT2D eigenvalue weighted by molar-refractivity contribution is 0.0763. The van der Waals surface area contributed by atoms with Crippen molar-refractivity contribution in [2.75, 3.05) is 13.6 Å². The molecule has 3 aromatic rings. The highest BCUT2D eigenvalue weighted by molar-refractivity contribution is 9.10. The first-order chi connectivity index (χ1) is 11.1. The minimum absolute atomic E-state index is 0.192. The van der Waals surface area contributed by atoms with E-state index in [1.54, 1.807) is 24.1 Å². The van der Waals surface area contributed by atoms with Gasteiger partial charge in [-0.05, 0) is 40.2 Å². The Bertz CT molecular complexity index is 798. The first-order valence-electron chi connectivity index (χ1n) is 7.02. The summed E-state index contributed by atoms with van der Waals surface area (Å²) in [5.74, 6) is 1.13. The zero-order valence-electron chi connectivity index (χ0n) is 12.4. The molecule has 0 unspecified atom stereocenters. The minimum atomic E-state index is -0.192. The second kappa shape index (κ2) is 6.78. The van der Waals surface area contributed by atoms with Crippen molar-refractivity contribution in [2.24, 2.45) is 0 Å². The Morgan fingerprint density at radius 3 is 2.70 bits per heavy atom. The first kappa shape index (κ1) is 15.5. The van der Waals surface area contributed by atoms with Crippen molar-refractivity contribution in [2.45, 2.75) is 6.42 Å². The highest BCUT2D eigenvalue weighted by atomic mass is 79.9. The third kappa shape index (κ3) is 3.68. The summed E-state index contributed by atoms with van der Waals surface area (Å²) < 4.78 is 11.0. The fraction of sp³-hybridized carbons (Fsp3) is 0.188. The number of hydrogen-bond acceptors (Lipinski definition) is 5. The summed E-state index contributed by atoms with van der Waals surface area (Å²) in [5, 5.41) is 3.95. The second-order valence-corrected chi connectivity index (χ2v) is 5.74. The smallest absolute Gasteiger partial charge is 0.289 e. The van der Waals surface area contributed by atoms with Gasteiger partial charge in [-0.1, -0.05) is 23.4 Å². The van der Waals surface area contributed by atoms with Gasteiger partial charge in [-0.25, -0.2) is 0 Å². The molecule has 0 saturated carbocycles. The molecule has 0 bridgehead atoms. The Labute approximate surface area is 141 Å². The van der Waals surface area contributed by atoms with Crippen molar-refractivity contribution in [1.29, 1.82) is 0 Å². The number of benzene rings is 1. The molecule has 0 aliphatic rings. The van der Waals surface area contributed by atoms with Crippen LogP contribution in [-0.2, 0) is 6.42 Å². The lowest BCUT2D eigenvalue weighted by Crippen LogP contribution is -2.28. The van der Waals surface area contributed by atoms with Crippen molar-refractivity contribution < 1.29 is 13.7 Å². The molecule has 3 rings (SSSR count). The summed E-state index contributed by atoms with van der Waals surface area (Å²) in [5.41, 5.74) is 0.871. The van der Waals surface area contributed by atoms with Crippen LogP contribution in [0.2, 0.25) is 0 Å². The number of carbonyl (C=O) groups is 1. The van der Waals surface area contributed by atoms with Gasteiger partial charge in [-0.3, -0.25) is 4.79 Å². The average Bonchev–Trinajstić information content (AvgIpc) is 3.22. The summed E-state index contributed by atoms with van der Waals surface area (Å²) >= 11 is 3.18. The van der Waals surface area contributed by atoms with Crippen LogP contribution in [0.4, 0.5) is 0 Å². The maximum Gasteiger partial charge on any atom is 0.289 e. The number of hydrogen-bond donors (Lipinski definition) is 0. The van der Waals surface area contributed by atoms with E-state index in [0.717, 1.165) is 5.56 Å². The molecule has 0 radical (unpaired) electrons. The molecule has 2 aromatic heterocycles. The molecule has 1 amide bonds. The topological polar surface area (TPSA) is 72.4 Å².